The number of nitrogens with zero attached hydrogens (tertiary/aromatic N) is 9. The van der Waals surface area contributed by atoms with Crippen LogP contribution in [0.3, 0.4) is 0 Å². The van der Waals surface area contributed by atoms with Gasteiger partial charge >= 0.3 is 0 Å². The number of piperidine rings is 2. The summed E-state index contributed by atoms with van der Waals surface area (Å²) in [4.78, 5) is 78.3. The second kappa shape index (κ2) is 17.0. The summed E-state index contributed by atoms with van der Waals surface area (Å²) in [7, 11) is 0. The first-order valence-electron chi connectivity index (χ1n) is 21.8. The van der Waals surface area contributed by atoms with E-state index >= 15 is 0 Å². The lowest BCUT2D eigenvalue weighted by molar-refractivity contribution is -0.136. The van der Waals surface area contributed by atoms with Gasteiger partial charge in [0.2, 0.25) is 11.8 Å². The molecule has 2 aromatic carbocycles. The third-order valence-corrected chi connectivity index (χ3v) is 13.2. The van der Waals surface area contributed by atoms with Crippen molar-refractivity contribution in [1.29, 1.82) is 0 Å². The van der Waals surface area contributed by atoms with Gasteiger partial charge in [0, 0.05) is 95.2 Å². The summed E-state index contributed by atoms with van der Waals surface area (Å²) in [6.07, 6.45) is 4.47. The van der Waals surface area contributed by atoms with Gasteiger partial charge in [-0.3, -0.25) is 44.2 Å². The molecule has 0 spiro atoms. The number of hydrogen-bond acceptors (Lipinski definition) is 13. The van der Waals surface area contributed by atoms with Crippen LogP contribution in [-0.4, -0.2) is 156 Å². The lowest BCUT2D eigenvalue weighted by atomic mass is 9.96. The van der Waals surface area contributed by atoms with E-state index in [1.807, 2.05) is 26.0 Å². The summed E-state index contributed by atoms with van der Waals surface area (Å²) >= 11 is 0. The summed E-state index contributed by atoms with van der Waals surface area (Å²) in [5, 5.41) is 2.26. The van der Waals surface area contributed by atoms with Crippen molar-refractivity contribution in [3.63, 3.8) is 0 Å². The molecule has 1 unspecified atom stereocenters. The Bertz CT molecular complexity index is 2180. The predicted octanol–water partition coefficient (Wildman–Crippen LogP) is 3.06. The first kappa shape index (κ1) is 40.2. The predicted molar refractivity (Wildman–Crippen MR) is 228 cm³/mol. The van der Waals surface area contributed by atoms with Crippen molar-refractivity contribution in [3.8, 4) is 5.75 Å². The zero-order valence-electron chi connectivity index (χ0n) is 35.0. The largest absolute Gasteiger partial charge is 0.491 e. The smallest absolute Gasteiger partial charge is 0.262 e. The minimum atomic E-state index is -0.955. The maximum absolute atomic E-state index is 13.4. The fourth-order valence-electron chi connectivity index (χ4n) is 9.78. The van der Waals surface area contributed by atoms with Crippen molar-refractivity contribution < 1.29 is 23.9 Å². The van der Waals surface area contributed by atoms with E-state index in [9.17, 15) is 19.2 Å². The first-order chi connectivity index (χ1) is 29.1. The molecule has 4 fully saturated rings. The Labute approximate surface area is 351 Å². The maximum Gasteiger partial charge on any atom is 0.262 e. The minimum absolute atomic E-state index is 0.107. The van der Waals surface area contributed by atoms with Gasteiger partial charge in [0.15, 0.2) is 0 Å². The molecule has 15 nitrogen and oxygen atoms in total. The van der Waals surface area contributed by atoms with Crippen molar-refractivity contribution in [2.45, 2.75) is 71.2 Å². The number of amides is 4. The lowest BCUT2D eigenvalue weighted by Crippen LogP contribution is -2.54. The third kappa shape index (κ3) is 8.26. The third-order valence-electron chi connectivity index (χ3n) is 13.2. The van der Waals surface area contributed by atoms with Gasteiger partial charge in [0.05, 0.1) is 35.2 Å². The van der Waals surface area contributed by atoms with E-state index in [0.29, 0.717) is 29.6 Å². The van der Waals surface area contributed by atoms with Gasteiger partial charge in [-0.2, -0.15) is 0 Å². The normalized spacial score (nSPS) is 23.3. The van der Waals surface area contributed by atoms with Gasteiger partial charge in [-0.15, -0.1) is 0 Å². The molecule has 0 radical (unpaired) electrons. The first-order valence-corrected chi connectivity index (χ1v) is 21.8. The van der Waals surface area contributed by atoms with E-state index in [1.165, 1.54) is 18.4 Å². The average molecular weight is 817 g/mol. The molecule has 2 atom stereocenters. The molecular weight excluding hydrogens is 761 g/mol. The Morgan fingerprint density at radius 2 is 1.57 bits per heavy atom. The number of likely N-dealkylation sites (tertiary alicyclic amines) is 1. The van der Waals surface area contributed by atoms with Crippen LogP contribution in [0, 0.1) is 5.92 Å². The van der Waals surface area contributed by atoms with Gasteiger partial charge in [-0.25, -0.2) is 9.97 Å². The van der Waals surface area contributed by atoms with Gasteiger partial charge in [0.25, 0.3) is 11.8 Å². The van der Waals surface area contributed by atoms with E-state index in [2.05, 4.69) is 59.9 Å². The molecule has 7 heterocycles. The van der Waals surface area contributed by atoms with Gasteiger partial charge < -0.3 is 19.4 Å². The summed E-state index contributed by atoms with van der Waals surface area (Å²) in [5.74, 6) is 0.601. The fraction of sp³-hybridized carbons (Fsp3) is 0.533. The zero-order chi connectivity index (χ0) is 41.5. The lowest BCUT2D eigenvalue weighted by Gasteiger charge is -2.42. The molecular formula is C45H56N10O5. The van der Waals surface area contributed by atoms with E-state index in [0.717, 1.165) is 118 Å². The second-order valence-corrected chi connectivity index (χ2v) is 17.5. The summed E-state index contributed by atoms with van der Waals surface area (Å²) < 4.78 is 5.97. The number of anilines is 2. The van der Waals surface area contributed by atoms with Gasteiger partial charge in [-0.05, 0) is 94.9 Å². The van der Waals surface area contributed by atoms with Crippen molar-refractivity contribution in [1.82, 2.24) is 34.9 Å². The monoisotopic (exact) mass is 816 g/mol. The number of ether oxygens (including phenoxy) is 1. The van der Waals surface area contributed by atoms with Crippen LogP contribution in [0.25, 0.3) is 0 Å². The van der Waals surface area contributed by atoms with Crippen molar-refractivity contribution in [3.05, 3.63) is 76.7 Å². The Hall–Kier alpha value is -5.25. The molecule has 3 aromatic rings. The zero-order valence-corrected chi connectivity index (χ0v) is 35.0. The van der Waals surface area contributed by atoms with Crippen molar-refractivity contribution in [2.24, 2.45) is 10.9 Å². The highest BCUT2D eigenvalue weighted by atomic mass is 16.5. The number of piperazine rings is 2. The van der Waals surface area contributed by atoms with Gasteiger partial charge in [-0.1, -0.05) is 6.07 Å². The Morgan fingerprint density at radius 1 is 0.783 bits per heavy atom. The number of aliphatic imine (C=N–C) groups is 1. The standard InChI is InChI=1S/C45H56N10O5/c1-29(2)60-34-6-4-32-25-46-42(36(32)23-34)38-24-40(48-28-47-38)54-21-20-52(30(3)26-54)17-14-50-12-10-31(11-13-50)27-51-15-18-53(19-16-51)33-5-7-35-37(22-33)45(59)55(44(35)58)39-8-9-41(56)49-43(39)57/h4-7,22-24,28-31,39H,8-21,25-27H2,1-3H3,(H,49,56,57)/t30-,39?/m0/s1. The molecule has 1 aromatic heterocycles. The SMILES string of the molecule is CC(C)Oc1ccc2c(c1)C(c1cc(N3CCN(CCN4CCC(CN5CCN(c6ccc7c(c6)C(=O)N(C6CCC(=O)NC6=O)C7=O)CC5)CC4)[C@@H](C)C3)ncn1)=NC2. The van der Waals surface area contributed by atoms with E-state index in [-0.39, 0.29) is 24.9 Å². The number of carbonyl (C=O) groups is 4. The maximum atomic E-state index is 13.4. The molecule has 9 rings (SSSR count). The van der Waals surface area contributed by atoms with Crippen LogP contribution >= 0.6 is 0 Å². The number of hydrogen-bond donors (Lipinski definition) is 1. The molecule has 316 valence electrons. The van der Waals surface area contributed by atoms with Crippen LogP contribution in [0.1, 0.15) is 84.0 Å². The van der Waals surface area contributed by atoms with E-state index in [4.69, 9.17) is 14.7 Å². The quantitative estimate of drug-likeness (QED) is 0.284. The topological polar surface area (TPSA) is 147 Å². The van der Waals surface area contributed by atoms with Crippen molar-refractivity contribution >= 4 is 40.8 Å². The second-order valence-electron chi connectivity index (χ2n) is 17.5. The molecule has 0 saturated carbocycles. The van der Waals surface area contributed by atoms with Gasteiger partial charge in [0.1, 0.15) is 23.9 Å². The van der Waals surface area contributed by atoms with Crippen LogP contribution in [0.15, 0.2) is 53.8 Å². The highest BCUT2D eigenvalue weighted by Gasteiger charge is 2.45. The molecule has 6 aliphatic heterocycles. The van der Waals surface area contributed by atoms with Crippen molar-refractivity contribution in [2.75, 3.05) is 88.3 Å². The van der Waals surface area contributed by atoms with E-state index in [1.54, 1.807) is 18.5 Å². The molecule has 1 N–H and O–H groups in total. The summed E-state index contributed by atoms with van der Waals surface area (Å²) in [6, 6.07) is 13.2. The Balaban J connectivity index is 0.702. The number of imide groups is 2. The molecule has 0 aliphatic carbocycles. The molecule has 60 heavy (non-hydrogen) atoms. The molecule has 4 saturated heterocycles. The Kier molecular flexibility index (Phi) is 11.4. The number of fused-ring (bicyclic) bond motifs is 2. The molecule has 0 bridgehead atoms. The number of benzene rings is 2. The Morgan fingerprint density at radius 3 is 2.33 bits per heavy atom. The van der Waals surface area contributed by atoms with Crippen LogP contribution < -0.4 is 19.9 Å². The molecule has 6 aliphatic rings. The summed E-state index contributed by atoms with van der Waals surface area (Å²) in [6.45, 7) is 19.1. The van der Waals surface area contributed by atoms with Crippen LogP contribution in [0.2, 0.25) is 0 Å². The number of aromatic nitrogens is 2. The molecule has 15 heteroatoms. The number of carbonyl (C=O) groups excluding carboxylic acids is 4. The molecule has 4 amide bonds. The highest BCUT2D eigenvalue weighted by molar-refractivity contribution is 6.23. The number of rotatable bonds is 11. The highest BCUT2D eigenvalue weighted by Crippen LogP contribution is 2.32. The minimum Gasteiger partial charge on any atom is -0.491 e. The summed E-state index contributed by atoms with van der Waals surface area (Å²) in [5.41, 5.74) is 5.63. The van der Waals surface area contributed by atoms with Crippen LogP contribution in [0.4, 0.5) is 11.5 Å². The average Bonchev–Trinajstić information content (AvgIpc) is 3.78. The van der Waals surface area contributed by atoms with E-state index < -0.39 is 23.8 Å². The fourth-order valence-corrected chi connectivity index (χ4v) is 9.78. The number of nitrogens with one attached hydrogen (secondary N) is 1. The van der Waals surface area contributed by atoms with Crippen LogP contribution in [-0.2, 0) is 16.1 Å². The van der Waals surface area contributed by atoms with Crippen LogP contribution in [0.5, 0.6) is 5.75 Å².